The molecule has 28 heavy (non-hydrogen) atoms. The van der Waals surface area contributed by atoms with Crippen LogP contribution in [-0.4, -0.2) is 10.9 Å². The first-order valence-electron chi connectivity index (χ1n) is 11.3. The van der Waals surface area contributed by atoms with Crippen LogP contribution < -0.4 is 0 Å². The molecule has 1 aromatic heterocycles. The largest absolute Gasteiger partial charge is 0.461 e. The minimum Gasteiger partial charge on any atom is -0.461 e. The topological polar surface area (TPSA) is 50.4 Å². The Kier molecular flexibility index (Phi) is 3.74. The third-order valence-electron chi connectivity index (χ3n) is 10.3. The van der Waals surface area contributed by atoms with Gasteiger partial charge in [0, 0.05) is 11.0 Å². The second kappa shape index (κ2) is 5.53. The highest BCUT2D eigenvalue weighted by atomic mass is 16.3. The Hall–Kier alpha value is -1.09. The molecule has 1 heterocycles. The molecule has 4 aliphatic carbocycles. The van der Waals surface area contributed by atoms with Crippen LogP contribution in [0.4, 0.5) is 0 Å². The summed E-state index contributed by atoms with van der Waals surface area (Å²) >= 11 is 0. The summed E-state index contributed by atoms with van der Waals surface area (Å²) in [5.74, 6) is 2.06. The van der Waals surface area contributed by atoms with Crippen molar-refractivity contribution in [1.29, 1.82) is 0 Å². The standard InChI is InChI=1S/C25H36O3/c1-22(2)9-6-10-23(3)17(22)7-11-24(4)18-13-16(26)15-8-12-28-20(15)21(27)25(18,5)14-19(23)24/h8,12,16-19,26H,6-7,9-11,13-14H2,1-5H3/t16-,17+,18+,19-,23+,24+,25+/m1/s1. The summed E-state index contributed by atoms with van der Waals surface area (Å²) in [6, 6.07) is 1.80. The monoisotopic (exact) mass is 384 g/mol. The van der Waals surface area contributed by atoms with Crippen LogP contribution in [0.3, 0.4) is 0 Å². The van der Waals surface area contributed by atoms with Crippen LogP contribution in [-0.2, 0) is 0 Å². The van der Waals surface area contributed by atoms with E-state index in [9.17, 15) is 9.90 Å². The predicted octanol–water partition coefficient (Wildman–Crippen LogP) is 6.17. The molecular weight excluding hydrogens is 348 g/mol. The quantitative estimate of drug-likeness (QED) is 0.581. The van der Waals surface area contributed by atoms with Crippen molar-refractivity contribution >= 4 is 5.78 Å². The molecule has 0 bridgehead atoms. The zero-order chi connectivity index (χ0) is 20.1. The Balaban J connectivity index is 1.62. The van der Waals surface area contributed by atoms with Crippen molar-refractivity contribution in [2.45, 2.75) is 85.7 Å². The van der Waals surface area contributed by atoms with Crippen LogP contribution in [0.1, 0.15) is 102 Å². The molecule has 3 heteroatoms. The third-order valence-corrected chi connectivity index (χ3v) is 10.3. The van der Waals surface area contributed by atoms with Crippen LogP contribution in [0.5, 0.6) is 0 Å². The lowest BCUT2D eigenvalue weighted by atomic mass is 9.43. The average molecular weight is 385 g/mol. The molecule has 1 aromatic rings. The third kappa shape index (κ3) is 2.12. The second-order valence-corrected chi connectivity index (χ2v) is 12.0. The van der Waals surface area contributed by atoms with Gasteiger partial charge in [0.15, 0.2) is 5.76 Å². The molecule has 0 aliphatic heterocycles. The summed E-state index contributed by atoms with van der Waals surface area (Å²) in [6.45, 7) is 12.1. The van der Waals surface area contributed by atoms with Gasteiger partial charge in [-0.25, -0.2) is 0 Å². The highest BCUT2D eigenvalue weighted by Crippen LogP contribution is 2.74. The smallest absolute Gasteiger partial charge is 0.204 e. The molecule has 3 saturated carbocycles. The van der Waals surface area contributed by atoms with Crippen LogP contribution in [0.15, 0.2) is 16.7 Å². The number of fused-ring (bicyclic) bond motifs is 6. The van der Waals surface area contributed by atoms with Gasteiger partial charge < -0.3 is 9.52 Å². The molecule has 154 valence electrons. The van der Waals surface area contributed by atoms with Gasteiger partial charge in [0.2, 0.25) is 5.78 Å². The summed E-state index contributed by atoms with van der Waals surface area (Å²) in [7, 11) is 0. The Morgan fingerprint density at radius 1 is 1.00 bits per heavy atom. The first kappa shape index (κ1) is 18.9. The molecule has 0 spiro atoms. The number of Topliss-reactive ketones (excluding diaryl/α,β-unsaturated/α-hetero) is 1. The summed E-state index contributed by atoms with van der Waals surface area (Å²) in [4.78, 5) is 13.7. The minimum atomic E-state index is -0.589. The van der Waals surface area contributed by atoms with Crippen molar-refractivity contribution in [1.82, 2.24) is 0 Å². The van der Waals surface area contributed by atoms with Gasteiger partial charge in [-0.2, -0.15) is 0 Å². The van der Waals surface area contributed by atoms with Gasteiger partial charge in [0.05, 0.1) is 12.4 Å². The van der Waals surface area contributed by atoms with Crippen LogP contribution in [0, 0.1) is 39.4 Å². The summed E-state index contributed by atoms with van der Waals surface area (Å²) in [6.07, 6.45) is 8.97. The molecule has 3 fully saturated rings. The number of hydrogen-bond acceptors (Lipinski definition) is 3. The van der Waals surface area contributed by atoms with E-state index < -0.39 is 11.5 Å². The Morgan fingerprint density at radius 3 is 2.46 bits per heavy atom. The molecule has 7 atom stereocenters. The lowest BCUT2D eigenvalue weighted by Crippen LogP contribution is -2.54. The normalized spacial score (nSPS) is 49.6. The van der Waals surface area contributed by atoms with Crippen molar-refractivity contribution in [2.75, 3.05) is 0 Å². The van der Waals surface area contributed by atoms with Crippen molar-refractivity contribution < 1.29 is 14.3 Å². The number of rotatable bonds is 0. The Labute approximate surface area is 169 Å². The van der Waals surface area contributed by atoms with Gasteiger partial charge >= 0.3 is 0 Å². The van der Waals surface area contributed by atoms with Gasteiger partial charge in [-0.15, -0.1) is 0 Å². The van der Waals surface area contributed by atoms with E-state index in [0.717, 1.165) is 12.3 Å². The maximum Gasteiger partial charge on any atom is 0.204 e. The van der Waals surface area contributed by atoms with E-state index >= 15 is 0 Å². The van der Waals surface area contributed by atoms with Gasteiger partial charge in [-0.05, 0) is 78.6 Å². The van der Waals surface area contributed by atoms with E-state index in [0.29, 0.717) is 34.5 Å². The number of aliphatic hydroxyl groups is 1. The number of hydrogen-bond donors (Lipinski definition) is 1. The maximum atomic E-state index is 13.7. The molecule has 0 amide bonds. The fraction of sp³-hybridized carbons (Fsp3) is 0.800. The minimum absolute atomic E-state index is 0.119. The predicted molar refractivity (Wildman–Crippen MR) is 109 cm³/mol. The van der Waals surface area contributed by atoms with E-state index in [-0.39, 0.29) is 17.1 Å². The first-order chi connectivity index (χ1) is 13.0. The molecular formula is C25H36O3. The van der Waals surface area contributed by atoms with Gasteiger partial charge in [0.25, 0.3) is 0 Å². The van der Waals surface area contributed by atoms with Crippen molar-refractivity contribution in [2.24, 2.45) is 39.4 Å². The molecule has 5 rings (SSSR count). The van der Waals surface area contributed by atoms with E-state index in [1.54, 1.807) is 12.3 Å². The SMILES string of the molecule is CC1(C)CCC[C@]2(C)[C@H]3C[C@]4(C)C(=O)c5occc5[C@H](O)C[C@H]4[C@]3(C)CC[C@@H]12. The summed E-state index contributed by atoms with van der Waals surface area (Å²) < 4.78 is 5.63. The number of carbonyl (C=O) groups excluding carboxylic acids is 1. The lowest BCUT2D eigenvalue weighted by molar-refractivity contribution is -0.129. The zero-order valence-corrected chi connectivity index (χ0v) is 18.2. The molecule has 0 unspecified atom stereocenters. The number of aliphatic hydroxyl groups excluding tert-OH is 1. The average Bonchev–Trinajstić information content (AvgIpc) is 3.16. The Morgan fingerprint density at radius 2 is 1.71 bits per heavy atom. The van der Waals surface area contributed by atoms with Gasteiger partial charge in [-0.3, -0.25) is 4.79 Å². The molecule has 3 nitrogen and oxygen atoms in total. The molecule has 4 aliphatic rings. The van der Waals surface area contributed by atoms with Crippen molar-refractivity contribution in [3.8, 4) is 0 Å². The fourth-order valence-corrected chi connectivity index (χ4v) is 9.02. The highest BCUT2D eigenvalue weighted by molar-refractivity contribution is 6.00. The summed E-state index contributed by atoms with van der Waals surface area (Å²) in [5.41, 5.74) is 1.08. The molecule has 0 radical (unpaired) electrons. The van der Waals surface area contributed by atoms with E-state index in [2.05, 4.69) is 34.6 Å². The number of furan rings is 1. The zero-order valence-electron chi connectivity index (χ0n) is 18.2. The lowest BCUT2D eigenvalue weighted by Gasteiger charge is -2.62. The van der Waals surface area contributed by atoms with E-state index in [1.807, 2.05) is 0 Å². The fourth-order valence-electron chi connectivity index (χ4n) is 9.02. The van der Waals surface area contributed by atoms with Gasteiger partial charge in [-0.1, -0.05) is 41.0 Å². The van der Waals surface area contributed by atoms with Crippen molar-refractivity contribution in [3.05, 3.63) is 23.7 Å². The first-order valence-corrected chi connectivity index (χ1v) is 11.3. The maximum absolute atomic E-state index is 13.7. The van der Waals surface area contributed by atoms with E-state index in [1.165, 1.54) is 32.1 Å². The van der Waals surface area contributed by atoms with Crippen LogP contribution in [0.25, 0.3) is 0 Å². The van der Waals surface area contributed by atoms with E-state index in [4.69, 9.17) is 4.42 Å². The Bertz CT molecular complexity index is 822. The van der Waals surface area contributed by atoms with Crippen molar-refractivity contribution in [3.63, 3.8) is 0 Å². The molecule has 0 aromatic carbocycles. The van der Waals surface area contributed by atoms with Crippen LogP contribution >= 0.6 is 0 Å². The second-order valence-electron chi connectivity index (χ2n) is 12.0. The summed E-state index contributed by atoms with van der Waals surface area (Å²) in [5, 5.41) is 11.0. The highest BCUT2D eigenvalue weighted by Gasteiger charge is 2.69. The number of carbonyl (C=O) groups is 1. The molecule has 0 saturated heterocycles. The van der Waals surface area contributed by atoms with Gasteiger partial charge in [0.1, 0.15) is 0 Å². The number of ketones is 1. The molecule has 1 N–H and O–H groups in total. The van der Waals surface area contributed by atoms with Crippen LogP contribution in [0.2, 0.25) is 0 Å².